The molecule has 0 bridgehead atoms. The zero-order valence-corrected chi connectivity index (χ0v) is 9.13. The average Bonchev–Trinajstić information content (AvgIpc) is 2.33. The molecule has 0 fully saturated rings. The van der Waals surface area contributed by atoms with Crippen LogP contribution in [0.3, 0.4) is 0 Å². The van der Waals surface area contributed by atoms with Crippen LogP contribution in [0, 0.1) is 5.82 Å². The standard InChI is InChI=1S/C11H9FN4O2/c12-7-5-6(13)1-3-9(7)18-10-4-2-8(11(14)17)15-16-10/h1-5H,13H2,(H2,14,17). The molecule has 0 saturated heterocycles. The number of rotatable bonds is 3. The summed E-state index contributed by atoms with van der Waals surface area (Å²) < 4.78 is 18.6. The van der Waals surface area contributed by atoms with E-state index in [4.69, 9.17) is 16.2 Å². The van der Waals surface area contributed by atoms with E-state index in [1.165, 1.54) is 24.3 Å². The van der Waals surface area contributed by atoms with Crippen LogP contribution in [0.2, 0.25) is 0 Å². The highest BCUT2D eigenvalue weighted by Crippen LogP contribution is 2.24. The normalized spacial score (nSPS) is 10.1. The number of carbonyl (C=O) groups excluding carboxylic acids is 1. The molecule has 0 aliphatic rings. The van der Waals surface area contributed by atoms with Gasteiger partial charge in [0.1, 0.15) is 0 Å². The average molecular weight is 248 g/mol. The van der Waals surface area contributed by atoms with Gasteiger partial charge in [-0.2, -0.15) is 0 Å². The van der Waals surface area contributed by atoms with E-state index < -0.39 is 11.7 Å². The highest BCUT2D eigenvalue weighted by Gasteiger charge is 2.08. The minimum Gasteiger partial charge on any atom is -0.434 e. The third-order valence-corrected chi connectivity index (χ3v) is 2.06. The van der Waals surface area contributed by atoms with Crippen molar-refractivity contribution in [2.75, 3.05) is 5.73 Å². The number of hydrogen-bond acceptors (Lipinski definition) is 5. The fraction of sp³-hybridized carbons (Fsp3) is 0. The van der Waals surface area contributed by atoms with Crippen LogP contribution < -0.4 is 16.2 Å². The number of primary amides is 1. The van der Waals surface area contributed by atoms with Crippen LogP contribution in [0.15, 0.2) is 30.3 Å². The first-order valence-corrected chi connectivity index (χ1v) is 4.92. The molecule has 18 heavy (non-hydrogen) atoms. The van der Waals surface area contributed by atoms with Gasteiger partial charge in [-0.3, -0.25) is 4.79 Å². The highest BCUT2D eigenvalue weighted by molar-refractivity contribution is 5.90. The molecule has 0 spiro atoms. The van der Waals surface area contributed by atoms with Gasteiger partial charge in [-0.25, -0.2) is 4.39 Å². The molecule has 0 aliphatic heterocycles. The Morgan fingerprint density at radius 2 is 2.00 bits per heavy atom. The van der Waals surface area contributed by atoms with Gasteiger partial charge in [0.05, 0.1) is 0 Å². The number of amides is 1. The third kappa shape index (κ3) is 2.51. The second-order valence-electron chi connectivity index (χ2n) is 3.41. The molecule has 0 aliphatic carbocycles. The molecule has 7 heteroatoms. The molecule has 6 nitrogen and oxygen atoms in total. The first-order valence-electron chi connectivity index (χ1n) is 4.92. The Kier molecular flexibility index (Phi) is 3.05. The van der Waals surface area contributed by atoms with E-state index in [1.807, 2.05) is 0 Å². The first kappa shape index (κ1) is 11.8. The fourth-order valence-electron chi connectivity index (χ4n) is 1.22. The van der Waals surface area contributed by atoms with E-state index in [9.17, 15) is 9.18 Å². The molecule has 0 radical (unpaired) electrons. The summed E-state index contributed by atoms with van der Waals surface area (Å²) in [6, 6.07) is 6.68. The Balaban J connectivity index is 2.21. The van der Waals surface area contributed by atoms with E-state index in [0.29, 0.717) is 0 Å². The Morgan fingerprint density at radius 1 is 1.22 bits per heavy atom. The second kappa shape index (κ2) is 4.66. The number of nitrogens with zero attached hydrogens (tertiary/aromatic N) is 2. The number of aromatic nitrogens is 2. The predicted octanol–water partition coefficient (Wildman–Crippen LogP) is 1.09. The SMILES string of the molecule is NC(=O)c1ccc(Oc2ccc(N)cc2F)nn1. The van der Waals surface area contributed by atoms with Crippen molar-refractivity contribution in [2.24, 2.45) is 5.73 Å². The van der Waals surface area contributed by atoms with Gasteiger partial charge in [0.15, 0.2) is 17.3 Å². The Bertz CT molecular complexity index is 586. The maximum Gasteiger partial charge on any atom is 0.269 e. The number of nitrogen functional groups attached to an aromatic ring is 1. The highest BCUT2D eigenvalue weighted by atomic mass is 19.1. The summed E-state index contributed by atoms with van der Waals surface area (Å²) in [4.78, 5) is 10.8. The molecule has 92 valence electrons. The van der Waals surface area contributed by atoms with Gasteiger partial charge < -0.3 is 16.2 Å². The van der Waals surface area contributed by atoms with E-state index in [2.05, 4.69) is 10.2 Å². The van der Waals surface area contributed by atoms with Crippen molar-refractivity contribution in [3.63, 3.8) is 0 Å². The van der Waals surface area contributed by atoms with Gasteiger partial charge in [-0.15, -0.1) is 10.2 Å². The summed E-state index contributed by atoms with van der Waals surface area (Å²) in [5.74, 6) is -1.31. The van der Waals surface area contributed by atoms with Crippen molar-refractivity contribution >= 4 is 11.6 Å². The van der Waals surface area contributed by atoms with E-state index in [0.717, 1.165) is 6.07 Å². The van der Waals surface area contributed by atoms with Crippen molar-refractivity contribution in [1.82, 2.24) is 10.2 Å². The largest absolute Gasteiger partial charge is 0.434 e. The van der Waals surface area contributed by atoms with Gasteiger partial charge in [0.25, 0.3) is 5.91 Å². The smallest absolute Gasteiger partial charge is 0.269 e. The lowest BCUT2D eigenvalue weighted by Gasteiger charge is -2.05. The number of hydrogen-bond donors (Lipinski definition) is 2. The maximum atomic E-state index is 13.4. The van der Waals surface area contributed by atoms with Crippen molar-refractivity contribution in [3.05, 3.63) is 41.8 Å². The second-order valence-corrected chi connectivity index (χ2v) is 3.41. The molecule has 0 saturated carbocycles. The van der Waals surface area contributed by atoms with Gasteiger partial charge in [-0.05, 0) is 18.2 Å². The molecule has 2 rings (SSSR count). The number of anilines is 1. The van der Waals surface area contributed by atoms with Crippen LogP contribution in [-0.2, 0) is 0 Å². The van der Waals surface area contributed by atoms with Crippen molar-refractivity contribution in [3.8, 4) is 11.6 Å². The van der Waals surface area contributed by atoms with Crippen molar-refractivity contribution in [1.29, 1.82) is 0 Å². The lowest BCUT2D eigenvalue weighted by Crippen LogP contribution is -2.13. The topological polar surface area (TPSA) is 104 Å². The molecule has 1 amide bonds. The zero-order valence-electron chi connectivity index (χ0n) is 9.13. The number of carbonyl (C=O) groups is 1. The van der Waals surface area contributed by atoms with Crippen LogP contribution >= 0.6 is 0 Å². The monoisotopic (exact) mass is 248 g/mol. The minimum absolute atomic E-state index is 0.000119. The van der Waals surface area contributed by atoms with Gasteiger partial charge in [0.2, 0.25) is 5.88 Å². The first-order chi connectivity index (χ1) is 8.56. The van der Waals surface area contributed by atoms with Crippen LogP contribution in [0.5, 0.6) is 11.6 Å². The predicted molar refractivity (Wildman–Crippen MR) is 61.4 cm³/mol. The molecular formula is C11H9FN4O2. The molecule has 4 N–H and O–H groups in total. The number of ether oxygens (including phenoxy) is 1. The maximum absolute atomic E-state index is 13.4. The van der Waals surface area contributed by atoms with Crippen LogP contribution in [0.4, 0.5) is 10.1 Å². The van der Waals surface area contributed by atoms with E-state index in [1.54, 1.807) is 0 Å². The van der Waals surface area contributed by atoms with E-state index >= 15 is 0 Å². The van der Waals surface area contributed by atoms with Crippen LogP contribution in [-0.4, -0.2) is 16.1 Å². The fourth-order valence-corrected chi connectivity index (χ4v) is 1.22. The lowest BCUT2D eigenvalue weighted by molar-refractivity contribution is 0.0994. The summed E-state index contributed by atoms with van der Waals surface area (Å²) in [5.41, 5.74) is 10.7. The summed E-state index contributed by atoms with van der Waals surface area (Å²) in [6.07, 6.45) is 0. The summed E-state index contributed by atoms with van der Waals surface area (Å²) in [5, 5.41) is 7.11. The molecular weight excluding hydrogens is 239 g/mol. The van der Waals surface area contributed by atoms with Crippen molar-refractivity contribution < 1.29 is 13.9 Å². The molecule has 1 heterocycles. The number of benzene rings is 1. The Hall–Kier alpha value is -2.70. The number of nitrogens with two attached hydrogens (primary N) is 2. The number of halogens is 1. The Morgan fingerprint density at radius 3 is 2.56 bits per heavy atom. The molecule has 1 aromatic heterocycles. The van der Waals surface area contributed by atoms with Gasteiger partial charge in [-0.1, -0.05) is 0 Å². The molecule has 1 aromatic carbocycles. The van der Waals surface area contributed by atoms with Crippen LogP contribution in [0.1, 0.15) is 10.5 Å². The van der Waals surface area contributed by atoms with Gasteiger partial charge >= 0.3 is 0 Å². The lowest BCUT2D eigenvalue weighted by atomic mass is 10.3. The molecule has 0 unspecified atom stereocenters. The Labute approximate surface area is 101 Å². The zero-order chi connectivity index (χ0) is 13.1. The van der Waals surface area contributed by atoms with Crippen molar-refractivity contribution in [2.45, 2.75) is 0 Å². The quantitative estimate of drug-likeness (QED) is 0.791. The van der Waals surface area contributed by atoms with Crippen LogP contribution in [0.25, 0.3) is 0 Å². The molecule has 0 atom stereocenters. The summed E-state index contributed by atoms with van der Waals surface area (Å²) >= 11 is 0. The van der Waals surface area contributed by atoms with Gasteiger partial charge in [0, 0.05) is 17.8 Å². The molecule has 2 aromatic rings. The summed E-state index contributed by atoms with van der Waals surface area (Å²) in [7, 11) is 0. The van der Waals surface area contributed by atoms with E-state index in [-0.39, 0.29) is 23.0 Å². The summed E-state index contributed by atoms with van der Waals surface area (Å²) in [6.45, 7) is 0. The third-order valence-electron chi connectivity index (χ3n) is 2.06. The minimum atomic E-state index is -0.701.